The Balaban J connectivity index is 0.000000265. The van der Waals surface area contributed by atoms with Crippen LogP contribution in [0.5, 0.6) is 5.75 Å². The van der Waals surface area contributed by atoms with Crippen molar-refractivity contribution < 1.29 is 4.74 Å². The van der Waals surface area contributed by atoms with E-state index in [0.717, 1.165) is 49.2 Å². The van der Waals surface area contributed by atoms with Crippen molar-refractivity contribution in [1.82, 2.24) is 4.90 Å². The molecule has 0 heterocycles. The number of aryl methyl sites for hydroxylation is 1. The minimum atomic E-state index is 0.543. The van der Waals surface area contributed by atoms with Crippen LogP contribution in [0.2, 0.25) is 0 Å². The monoisotopic (exact) mass is 533 g/mol. The van der Waals surface area contributed by atoms with E-state index in [1.54, 1.807) is 6.08 Å². The fraction of sp³-hybridized carbons (Fsp3) is 0.263. The Morgan fingerprint density at radius 3 is 1.75 bits per heavy atom. The van der Waals surface area contributed by atoms with Gasteiger partial charge in [-0.25, -0.2) is 0 Å². The lowest BCUT2D eigenvalue weighted by Crippen LogP contribution is -2.23. The normalized spacial score (nSPS) is 10.0. The number of nitrogens with zero attached hydrogens (tertiary/aromatic N) is 1. The highest BCUT2D eigenvalue weighted by Crippen LogP contribution is 2.21. The zero-order chi connectivity index (χ0) is 29.0. The molecule has 0 bridgehead atoms. The van der Waals surface area contributed by atoms with E-state index in [9.17, 15) is 0 Å². The van der Waals surface area contributed by atoms with Crippen molar-refractivity contribution >= 4 is 6.08 Å². The second-order valence-corrected chi connectivity index (χ2v) is 9.60. The van der Waals surface area contributed by atoms with Crippen molar-refractivity contribution in [3.8, 4) is 5.75 Å². The zero-order valence-electron chi connectivity index (χ0n) is 25.0. The Morgan fingerprint density at radius 1 is 0.675 bits per heavy atom. The van der Waals surface area contributed by atoms with Gasteiger partial charge in [0.05, 0.1) is 0 Å². The molecular weight excluding hydrogens is 486 g/mol. The van der Waals surface area contributed by atoms with Crippen molar-refractivity contribution in [1.29, 1.82) is 0 Å². The molecule has 2 heteroatoms. The van der Waals surface area contributed by atoms with E-state index in [1.165, 1.54) is 22.3 Å². The van der Waals surface area contributed by atoms with Crippen LogP contribution in [0.25, 0.3) is 6.08 Å². The molecule has 0 aliphatic carbocycles. The lowest BCUT2D eigenvalue weighted by molar-refractivity contribution is 0.343. The molecule has 0 spiro atoms. The summed E-state index contributed by atoms with van der Waals surface area (Å²) in [6.07, 6.45) is 6.82. The van der Waals surface area contributed by atoms with Crippen LogP contribution >= 0.6 is 0 Å². The fourth-order valence-corrected chi connectivity index (χ4v) is 4.24. The van der Waals surface area contributed by atoms with Gasteiger partial charge in [0.2, 0.25) is 0 Å². The van der Waals surface area contributed by atoms with Crippen molar-refractivity contribution in [2.45, 2.75) is 40.0 Å². The molecule has 0 saturated heterocycles. The first-order valence-electron chi connectivity index (χ1n) is 14.4. The molecule has 0 radical (unpaired) electrons. The van der Waals surface area contributed by atoms with Crippen LogP contribution in [0.1, 0.15) is 47.2 Å². The van der Waals surface area contributed by atoms with Crippen LogP contribution in [0.4, 0.5) is 0 Å². The summed E-state index contributed by atoms with van der Waals surface area (Å²) >= 11 is 0. The Labute approximate surface area is 243 Å². The van der Waals surface area contributed by atoms with Gasteiger partial charge >= 0.3 is 0 Å². The molecule has 0 saturated carbocycles. The molecule has 4 aromatic carbocycles. The first kappa shape index (κ1) is 32.3. The van der Waals surface area contributed by atoms with Crippen molar-refractivity contribution in [2.24, 2.45) is 0 Å². The van der Waals surface area contributed by atoms with Gasteiger partial charge in [0.15, 0.2) is 0 Å². The summed E-state index contributed by atoms with van der Waals surface area (Å²) < 4.78 is 5.60. The van der Waals surface area contributed by atoms with Crippen LogP contribution in [-0.4, -0.2) is 31.6 Å². The van der Waals surface area contributed by atoms with Gasteiger partial charge in [-0.3, -0.25) is 0 Å². The quantitative estimate of drug-likeness (QED) is 0.168. The van der Waals surface area contributed by atoms with Gasteiger partial charge in [0.1, 0.15) is 12.4 Å². The third-order valence-corrected chi connectivity index (χ3v) is 6.44. The summed E-state index contributed by atoms with van der Waals surface area (Å²) in [5.74, 6) is 0.925. The van der Waals surface area contributed by atoms with Gasteiger partial charge in [0.25, 0.3) is 0 Å². The number of hydrogen-bond acceptors (Lipinski definition) is 2. The molecule has 0 fully saturated rings. The standard InChI is InChI=1S/C19H20O.C17H21N.C2H6/c1-4-11-20-19-10-9-18(12-15(19)3)14-17-8-6-7-16(5-2)13-17;1-18(14-12-16-8-4-2-5-9-16)15-13-17-10-6-3-7-11-17;1-2/h4-10,12-13H,1-2,11,14H2,3H3;2-11H,12-15H2,1H3;1-2H3. The second-order valence-electron chi connectivity index (χ2n) is 9.60. The predicted octanol–water partition coefficient (Wildman–Crippen LogP) is 9.22. The predicted molar refractivity (Wildman–Crippen MR) is 175 cm³/mol. The molecule has 210 valence electrons. The maximum Gasteiger partial charge on any atom is 0.122 e. The summed E-state index contributed by atoms with van der Waals surface area (Å²) in [5, 5.41) is 0. The lowest BCUT2D eigenvalue weighted by atomic mass is 10.0. The molecule has 0 aromatic heterocycles. The van der Waals surface area contributed by atoms with E-state index in [2.05, 4.69) is 129 Å². The highest BCUT2D eigenvalue weighted by atomic mass is 16.5. The molecule has 0 atom stereocenters. The minimum Gasteiger partial charge on any atom is -0.489 e. The summed E-state index contributed by atoms with van der Waals surface area (Å²) in [7, 11) is 2.20. The lowest BCUT2D eigenvalue weighted by Gasteiger charge is -2.16. The Morgan fingerprint density at radius 2 is 1.23 bits per heavy atom. The van der Waals surface area contributed by atoms with E-state index in [4.69, 9.17) is 4.74 Å². The maximum absolute atomic E-state index is 5.60. The molecule has 4 rings (SSSR count). The van der Waals surface area contributed by atoms with Gasteiger partial charge in [-0.1, -0.05) is 136 Å². The van der Waals surface area contributed by atoms with E-state index in [1.807, 2.05) is 26.0 Å². The second kappa shape index (κ2) is 19.2. The molecule has 0 N–H and O–H groups in total. The third kappa shape index (κ3) is 12.3. The smallest absolute Gasteiger partial charge is 0.122 e. The van der Waals surface area contributed by atoms with Gasteiger partial charge in [0, 0.05) is 13.1 Å². The topological polar surface area (TPSA) is 12.5 Å². The summed E-state index contributed by atoms with van der Waals surface area (Å²) in [6.45, 7) is 16.3. The number of benzene rings is 4. The SMILES string of the molecule is C=CCOc1ccc(Cc2cccc(C=C)c2)cc1C.CC.CN(CCc1ccccc1)CCc1ccccc1. The van der Waals surface area contributed by atoms with Crippen LogP contribution < -0.4 is 4.74 Å². The molecule has 0 aliphatic rings. The minimum absolute atomic E-state index is 0.543. The molecule has 2 nitrogen and oxygen atoms in total. The van der Waals surface area contributed by atoms with Crippen molar-refractivity contribution in [3.63, 3.8) is 0 Å². The number of rotatable bonds is 12. The fourth-order valence-electron chi connectivity index (χ4n) is 4.24. The average molecular weight is 534 g/mol. The van der Waals surface area contributed by atoms with Gasteiger partial charge in [-0.2, -0.15) is 0 Å². The number of likely N-dealkylation sites (N-methyl/N-ethyl adjacent to an activating group) is 1. The largest absolute Gasteiger partial charge is 0.489 e. The first-order valence-corrected chi connectivity index (χ1v) is 14.4. The molecular formula is C38H47NO. The van der Waals surface area contributed by atoms with Gasteiger partial charge in [-0.15, -0.1) is 0 Å². The molecule has 0 unspecified atom stereocenters. The van der Waals surface area contributed by atoms with Crippen LogP contribution in [0.3, 0.4) is 0 Å². The number of ether oxygens (including phenoxy) is 1. The summed E-state index contributed by atoms with van der Waals surface area (Å²) in [6, 6.07) is 36.2. The molecule has 0 amide bonds. The zero-order valence-corrected chi connectivity index (χ0v) is 25.0. The highest BCUT2D eigenvalue weighted by Gasteiger charge is 2.03. The van der Waals surface area contributed by atoms with Crippen LogP contribution in [0, 0.1) is 6.92 Å². The average Bonchev–Trinajstić information content (AvgIpc) is 3.01. The van der Waals surface area contributed by atoms with Gasteiger partial charge in [-0.05, 0) is 72.7 Å². The molecule has 4 aromatic rings. The van der Waals surface area contributed by atoms with E-state index >= 15 is 0 Å². The Bertz CT molecular complexity index is 1200. The third-order valence-electron chi connectivity index (χ3n) is 6.44. The maximum atomic E-state index is 5.60. The van der Waals surface area contributed by atoms with Gasteiger partial charge < -0.3 is 9.64 Å². The molecule has 40 heavy (non-hydrogen) atoms. The molecule has 0 aliphatic heterocycles. The number of hydrogen-bond donors (Lipinski definition) is 0. The highest BCUT2D eigenvalue weighted by molar-refractivity contribution is 5.49. The van der Waals surface area contributed by atoms with Crippen molar-refractivity contribution in [2.75, 3.05) is 26.7 Å². The van der Waals surface area contributed by atoms with E-state index < -0.39 is 0 Å². The van der Waals surface area contributed by atoms with E-state index in [-0.39, 0.29) is 0 Å². The summed E-state index contributed by atoms with van der Waals surface area (Å²) in [5.41, 5.74) is 7.73. The summed E-state index contributed by atoms with van der Waals surface area (Å²) in [4.78, 5) is 2.40. The van der Waals surface area contributed by atoms with Crippen molar-refractivity contribution in [3.05, 3.63) is 156 Å². The Hall–Kier alpha value is -3.88. The Kier molecular flexibility index (Phi) is 15.5. The first-order chi connectivity index (χ1) is 19.6. The van der Waals surface area contributed by atoms with E-state index in [0.29, 0.717) is 6.61 Å². The van der Waals surface area contributed by atoms with Crippen LogP contribution in [0.15, 0.2) is 122 Å². The van der Waals surface area contributed by atoms with Crippen LogP contribution in [-0.2, 0) is 19.3 Å².